The molecule has 5 nitrogen and oxygen atoms in total. The van der Waals surface area contributed by atoms with Crippen LogP contribution < -0.4 is 5.32 Å². The molecule has 34 heavy (non-hydrogen) atoms. The van der Waals surface area contributed by atoms with Gasteiger partial charge in [0, 0.05) is 58.8 Å². The summed E-state index contributed by atoms with van der Waals surface area (Å²) in [7, 11) is 0. The number of thioether (sulfide) groups is 1. The van der Waals surface area contributed by atoms with Crippen LogP contribution in [-0.4, -0.2) is 35.1 Å². The zero-order chi connectivity index (χ0) is 23.4. The maximum Gasteiger partial charge on any atom is 0.251 e. The molecule has 0 unspecified atom stereocenters. The van der Waals surface area contributed by atoms with Crippen molar-refractivity contribution in [3.63, 3.8) is 0 Å². The molecule has 174 valence electrons. The lowest BCUT2D eigenvalue weighted by atomic mass is 9.74. The van der Waals surface area contributed by atoms with Crippen molar-refractivity contribution in [2.45, 2.75) is 28.9 Å². The average molecular weight is 492 g/mol. The Morgan fingerprint density at radius 1 is 1.06 bits per heavy atom. The molecule has 1 N–H and O–H groups in total. The summed E-state index contributed by atoms with van der Waals surface area (Å²) in [5.41, 5.74) is 3.70. The highest BCUT2D eigenvalue weighted by molar-refractivity contribution is 7.98. The van der Waals surface area contributed by atoms with Gasteiger partial charge in [-0.3, -0.25) is 4.79 Å². The van der Waals surface area contributed by atoms with Gasteiger partial charge in [-0.05, 0) is 66.9 Å². The highest BCUT2D eigenvalue weighted by Crippen LogP contribution is 2.35. The van der Waals surface area contributed by atoms with Crippen molar-refractivity contribution in [3.05, 3.63) is 101 Å². The van der Waals surface area contributed by atoms with E-state index in [1.807, 2.05) is 65.2 Å². The van der Waals surface area contributed by atoms with Gasteiger partial charge in [-0.2, -0.15) is 0 Å². The molecule has 1 fully saturated rings. The number of halogens is 1. The molecule has 7 heteroatoms. The van der Waals surface area contributed by atoms with Crippen molar-refractivity contribution in [2.24, 2.45) is 0 Å². The zero-order valence-electron chi connectivity index (χ0n) is 18.7. The maximum atomic E-state index is 12.9. The van der Waals surface area contributed by atoms with E-state index in [2.05, 4.69) is 28.6 Å². The predicted octanol–water partition coefficient (Wildman–Crippen LogP) is 5.76. The molecule has 0 saturated carbocycles. The number of rotatable bonds is 7. The third-order valence-electron chi connectivity index (χ3n) is 6.41. The molecule has 2 aromatic heterocycles. The van der Waals surface area contributed by atoms with Crippen LogP contribution in [-0.2, 0) is 15.9 Å². The Bertz CT molecular complexity index is 1230. The number of benzene rings is 2. The van der Waals surface area contributed by atoms with E-state index in [9.17, 15) is 4.79 Å². The molecular formula is C27H26ClN3O2S. The van der Waals surface area contributed by atoms with Crippen LogP contribution in [0.2, 0.25) is 5.02 Å². The van der Waals surface area contributed by atoms with Crippen LogP contribution in [0.3, 0.4) is 0 Å². The van der Waals surface area contributed by atoms with E-state index in [1.165, 1.54) is 5.56 Å². The highest BCUT2D eigenvalue weighted by atomic mass is 35.5. The van der Waals surface area contributed by atoms with E-state index >= 15 is 0 Å². The molecule has 3 heterocycles. The molecule has 1 amide bonds. The fourth-order valence-electron chi connectivity index (χ4n) is 4.40. The lowest BCUT2D eigenvalue weighted by Crippen LogP contribution is -2.44. The minimum atomic E-state index is -0.137. The SMILES string of the molecule is O=C(NCC1(c2ccc(Cl)cc2)CCOCC1)c1ccc(SCc2cn3ccccc3n2)cc1. The summed E-state index contributed by atoms with van der Waals surface area (Å²) in [4.78, 5) is 18.7. The highest BCUT2D eigenvalue weighted by Gasteiger charge is 2.34. The van der Waals surface area contributed by atoms with E-state index in [0.29, 0.717) is 30.3 Å². The number of nitrogens with one attached hydrogen (secondary N) is 1. The van der Waals surface area contributed by atoms with E-state index < -0.39 is 0 Å². The lowest BCUT2D eigenvalue weighted by molar-refractivity contribution is 0.0487. The average Bonchev–Trinajstić information content (AvgIpc) is 3.30. The number of hydrogen-bond acceptors (Lipinski definition) is 4. The summed E-state index contributed by atoms with van der Waals surface area (Å²) < 4.78 is 7.63. The van der Waals surface area contributed by atoms with Gasteiger partial charge in [-0.1, -0.05) is 29.8 Å². The van der Waals surface area contributed by atoms with Crippen molar-refractivity contribution in [3.8, 4) is 0 Å². The molecule has 0 aliphatic carbocycles. The molecule has 5 rings (SSSR count). The monoisotopic (exact) mass is 491 g/mol. The molecule has 1 saturated heterocycles. The van der Waals surface area contributed by atoms with Gasteiger partial charge in [0.15, 0.2) is 0 Å². The fourth-order valence-corrected chi connectivity index (χ4v) is 5.31. The minimum Gasteiger partial charge on any atom is -0.381 e. The van der Waals surface area contributed by atoms with Crippen LogP contribution in [0.4, 0.5) is 0 Å². The van der Waals surface area contributed by atoms with Gasteiger partial charge in [0.25, 0.3) is 5.91 Å². The van der Waals surface area contributed by atoms with Crippen LogP contribution in [0.25, 0.3) is 5.65 Å². The first-order chi connectivity index (χ1) is 16.6. The number of carbonyl (C=O) groups excluding carboxylic acids is 1. The second-order valence-electron chi connectivity index (χ2n) is 8.59. The summed E-state index contributed by atoms with van der Waals surface area (Å²) in [5, 5.41) is 3.88. The van der Waals surface area contributed by atoms with Gasteiger partial charge in [0.1, 0.15) is 5.65 Å². The Morgan fingerprint density at radius 3 is 2.56 bits per heavy atom. The van der Waals surface area contributed by atoms with Crippen molar-refractivity contribution < 1.29 is 9.53 Å². The Hall–Kier alpha value is -2.80. The number of nitrogens with zero attached hydrogens (tertiary/aromatic N) is 2. The number of fused-ring (bicyclic) bond motifs is 1. The molecular weight excluding hydrogens is 466 g/mol. The Labute approximate surface area is 208 Å². The summed E-state index contributed by atoms with van der Waals surface area (Å²) in [6.07, 6.45) is 5.79. The molecule has 0 spiro atoms. The summed E-state index contributed by atoms with van der Waals surface area (Å²) >= 11 is 7.80. The van der Waals surface area contributed by atoms with Crippen molar-refractivity contribution in [2.75, 3.05) is 19.8 Å². The second-order valence-corrected chi connectivity index (χ2v) is 10.1. The maximum absolute atomic E-state index is 12.9. The van der Waals surface area contributed by atoms with Crippen molar-refractivity contribution in [1.82, 2.24) is 14.7 Å². The summed E-state index contributed by atoms with van der Waals surface area (Å²) in [5.74, 6) is 0.718. The van der Waals surface area contributed by atoms with Gasteiger partial charge in [-0.15, -0.1) is 11.8 Å². The number of aromatic nitrogens is 2. The van der Waals surface area contributed by atoms with Gasteiger partial charge in [0.2, 0.25) is 0 Å². The number of ether oxygens (including phenoxy) is 1. The Morgan fingerprint density at radius 2 is 1.82 bits per heavy atom. The van der Waals surface area contributed by atoms with Gasteiger partial charge < -0.3 is 14.5 Å². The third-order valence-corrected chi connectivity index (χ3v) is 7.71. The normalized spacial score (nSPS) is 15.3. The first-order valence-electron chi connectivity index (χ1n) is 11.4. The van der Waals surface area contributed by atoms with E-state index in [4.69, 9.17) is 16.3 Å². The quantitative estimate of drug-likeness (QED) is 0.334. The van der Waals surface area contributed by atoms with Gasteiger partial charge in [-0.25, -0.2) is 4.98 Å². The second kappa shape index (κ2) is 10.2. The molecule has 0 radical (unpaired) electrons. The van der Waals surface area contributed by atoms with Crippen molar-refractivity contribution >= 4 is 34.9 Å². The van der Waals surface area contributed by atoms with E-state index in [-0.39, 0.29) is 11.3 Å². The van der Waals surface area contributed by atoms with E-state index in [0.717, 1.165) is 34.8 Å². The number of carbonyl (C=O) groups is 1. The van der Waals surface area contributed by atoms with Crippen LogP contribution in [0.1, 0.15) is 34.5 Å². The molecule has 0 bridgehead atoms. The Kier molecular flexibility index (Phi) is 6.90. The number of hydrogen-bond donors (Lipinski definition) is 1. The summed E-state index contributed by atoms with van der Waals surface area (Å²) in [6.45, 7) is 1.95. The number of pyridine rings is 1. The smallest absolute Gasteiger partial charge is 0.251 e. The molecule has 1 aliphatic rings. The Balaban J connectivity index is 1.20. The molecule has 1 aliphatic heterocycles. The minimum absolute atomic E-state index is 0.0586. The molecule has 0 atom stereocenters. The van der Waals surface area contributed by atoms with Crippen LogP contribution in [0.15, 0.2) is 84.0 Å². The zero-order valence-corrected chi connectivity index (χ0v) is 20.3. The number of imidazole rings is 1. The van der Waals surface area contributed by atoms with Gasteiger partial charge >= 0.3 is 0 Å². The van der Waals surface area contributed by atoms with Crippen molar-refractivity contribution in [1.29, 1.82) is 0 Å². The topological polar surface area (TPSA) is 55.6 Å². The first-order valence-corrected chi connectivity index (χ1v) is 12.8. The molecule has 2 aromatic carbocycles. The predicted molar refractivity (Wildman–Crippen MR) is 137 cm³/mol. The van der Waals surface area contributed by atoms with E-state index in [1.54, 1.807) is 11.8 Å². The fraction of sp³-hybridized carbons (Fsp3) is 0.259. The standard InChI is InChI=1S/C27H26ClN3O2S/c28-22-8-6-21(7-9-22)27(12-15-33-16-13-27)19-29-26(32)20-4-10-24(11-5-20)34-18-23-17-31-14-2-1-3-25(31)30-23/h1-11,14,17H,12-13,15-16,18-19H2,(H,29,32). The van der Waals surface area contributed by atoms with Crippen LogP contribution >= 0.6 is 23.4 Å². The first kappa shape index (κ1) is 23.0. The number of amides is 1. The van der Waals surface area contributed by atoms with Gasteiger partial charge in [0.05, 0.1) is 5.69 Å². The molecule has 4 aromatic rings. The lowest BCUT2D eigenvalue weighted by Gasteiger charge is -2.38. The van der Waals surface area contributed by atoms with Crippen LogP contribution in [0, 0.1) is 0 Å². The third kappa shape index (κ3) is 5.14. The largest absolute Gasteiger partial charge is 0.381 e. The summed E-state index contributed by atoms with van der Waals surface area (Å²) in [6, 6.07) is 21.7. The van der Waals surface area contributed by atoms with Crippen LogP contribution in [0.5, 0.6) is 0 Å².